The molecule has 2 aromatic carbocycles. The molecule has 0 aliphatic heterocycles. The van der Waals surface area contributed by atoms with Crippen molar-refractivity contribution in [3.05, 3.63) is 78.0 Å². The molecule has 1 N–H and O–H groups in total. The van der Waals surface area contributed by atoms with Crippen LogP contribution in [0.25, 0.3) is 11.3 Å². The summed E-state index contributed by atoms with van der Waals surface area (Å²) >= 11 is 0. The number of carbonyl (C=O) groups is 1. The number of halogens is 1. The van der Waals surface area contributed by atoms with Crippen molar-refractivity contribution in [1.82, 2.24) is 15.3 Å². The van der Waals surface area contributed by atoms with Gasteiger partial charge in [0.2, 0.25) is 5.91 Å². The number of carbonyl (C=O) groups excluding carboxylic acids is 1. The molecule has 0 aliphatic carbocycles. The second kappa shape index (κ2) is 8.20. The molecule has 5 nitrogen and oxygen atoms in total. The number of nitrogens with zero attached hydrogens (tertiary/aromatic N) is 2. The van der Waals surface area contributed by atoms with E-state index in [4.69, 9.17) is 4.74 Å². The first kappa shape index (κ1) is 17.5. The maximum Gasteiger partial charge on any atom is 0.224 e. The fraction of sp³-hybridized carbons (Fsp3) is 0.150. The summed E-state index contributed by atoms with van der Waals surface area (Å²) in [4.78, 5) is 20.5. The highest BCUT2D eigenvalue weighted by atomic mass is 19.1. The third kappa shape index (κ3) is 4.42. The van der Waals surface area contributed by atoms with E-state index in [1.807, 2.05) is 30.3 Å². The number of methoxy groups -OCH3 is 1. The van der Waals surface area contributed by atoms with Gasteiger partial charge >= 0.3 is 0 Å². The normalized spacial score (nSPS) is 10.4. The monoisotopic (exact) mass is 351 g/mol. The maximum absolute atomic E-state index is 13.6. The second-order valence-corrected chi connectivity index (χ2v) is 5.67. The number of hydrogen-bond donors (Lipinski definition) is 1. The Kier molecular flexibility index (Phi) is 5.53. The van der Waals surface area contributed by atoms with Gasteiger partial charge in [-0.2, -0.15) is 0 Å². The molecule has 0 atom stereocenters. The van der Waals surface area contributed by atoms with Crippen LogP contribution in [0.5, 0.6) is 5.75 Å². The van der Waals surface area contributed by atoms with E-state index in [-0.39, 0.29) is 24.7 Å². The van der Waals surface area contributed by atoms with Crippen LogP contribution in [0.2, 0.25) is 0 Å². The highest BCUT2D eigenvalue weighted by molar-refractivity contribution is 5.78. The topological polar surface area (TPSA) is 64.1 Å². The lowest BCUT2D eigenvalue weighted by Crippen LogP contribution is -2.25. The minimum Gasteiger partial charge on any atom is -0.497 e. The van der Waals surface area contributed by atoms with E-state index in [0.717, 1.165) is 17.0 Å². The van der Waals surface area contributed by atoms with E-state index in [1.165, 1.54) is 12.4 Å². The number of benzene rings is 2. The molecule has 26 heavy (non-hydrogen) atoms. The van der Waals surface area contributed by atoms with Gasteiger partial charge in [-0.05, 0) is 42.0 Å². The summed E-state index contributed by atoms with van der Waals surface area (Å²) in [6, 6.07) is 15.6. The van der Waals surface area contributed by atoms with Crippen LogP contribution in [-0.2, 0) is 17.8 Å². The molecule has 3 aromatic rings. The number of nitrogens with one attached hydrogen (secondary N) is 1. The van der Waals surface area contributed by atoms with Gasteiger partial charge in [-0.3, -0.25) is 4.79 Å². The van der Waals surface area contributed by atoms with Gasteiger partial charge in [-0.25, -0.2) is 14.4 Å². The van der Waals surface area contributed by atoms with Crippen LogP contribution in [-0.4, -0.2) is 23.0 Å². The van der Waals surface area contributed by atoms with Crippen molar-refractivity contribution in [1.29, 1.82) is 0 Å². The number of aromatic nitrogens is 2. The second-order valence-electron chi connectivity index (χ2n) is 5.67. The molecular formula is C20H18FN3O2. The largest absolute Gasteiger partial charge is 0.497 e. The zero-order valence-electron chi connectivity index (χ0n) is 14.3. The van der Waals surface area contributed by atoms with Gasteiger partial charge < -0.3 is 10.1 Å². The quantitative estimate of drug-likeness (QED) is 0.741. The molecule has 0 saturated heterocycles. The summed E-state index contributed by atoms with van der Waals surface area (Å²) < 4.78 is 18.7. The van der Waals surface area contributed by atoms with E-state index < -0.39 is 0 Å². The van der Waals surface area contributed by atoms with Crippen molar-refractivity contribution in [3.8, 4) is 17.0 Å². The molecule has 6 heteroatoms. The summed E-state index contributed by atoms with van der Waals surface area (Å²) in [5, 5.41) is 2.76. The SMILES string of the molecule is COc1ccc(-c2cc(CNC(=O)Cc3ccccc3F)ncn2)cc1. The predicted octanol–water partition coefficient (Wildman–Crippen LogP) is 3.15. The molecular weight excluding hydrogens is 333 g/mol. The first-order valence-corrected chi connectivity index (χ1v) is 8.11. The number of amides is 1. The summed E-state index contributed by atoms with van der Waals surface area (Å²) in [6.07, 6.45) is 1.45. The zero-order chi connectivity index (χ0) is 18.4. The van der Waals surface area contributed by atoms with E-state index in [9.17, 15) is 9.18 Å². The van der Waals surface area contributed by atoms with Crippen molar-refractivity contribution in [2.24, 2.45) is 0 Å². The Morgan fingerprint density at radius 1 is 1.12 bits per heavy atom. The molecule has 0 fully saturated rings. The fourth-order valence-electron chi connectivity index (χ4n) is 2.48. The lowest BCUT2D eigenvalue weighted by atomic mass is 10.1. The molecule has 0 unspecified atom stereocenters. The maximum atomic E-state index is 13.6. The van der Waals surface area contributed by atoms with Crippen molar-refractivity contribution in [2.75, 3.05) is 7.11 Å². The van der Waals surface area contributed by atoms with E-state index >= 15 is 0 Å². The van der Waals surface area contributed by atoms with Gasteiger partial charge in [-0.1, -0.05) is 18.2 Å². The predicted molar refractivity (Wildman–Crippen MR) is 96.0 cm³/mol. The van der Waals surface area contributed by atoms with E-state index in [1.54, 1.807) is 25.3 Å². The third-order valence-electron chi connectivity index (χ3n) is 3.89. The minimum absolute atomic E-state index is 0.0108. The number of ether oxygens (including phenoxy) is 1. The fourth-order valence-corrected chi connectivity index (χ4v) is 2.48. The third-order valence-corrected chi connectivity index (χ3v) is 3.89. The molecule has 0 saturated carbocycles. The van der Waals surface area contributed by atoms with Crippen molar-refractivity contribution in [3.63, 3.8) is 0 Å². The number of hydrogen-bond acceptors (Lipinski definition) is 4. The lowest BCUT2D eigenvalue weighted by molar-refractivity contribution is -0.120. The summed E-state index contributed by atoms with van der Waals surface area (Å²) in [5.41, 5.74) is 2.72. The molecule has 0 aliphatic rings. The molecule has 0 radical (unpaired) electrons. The van der Waals surface area contributed by atoms with E-state index in [0.29, 0.717) is 11.3 Å². The molecule has 1 aromatic heterocycles. The van der Waals surface area contributed by atoms with Gasteiger partial charge in [-0.15, -0.1) is 0 Å². The van der Waals surface area contributed by atoms with Crippen LogP contribution in [0.1, 0.15) is 11.3 Å². The molecule has 1 heterocycles. The Bertz CT molecular complexity index is 898. The highest BCUT2D eigenvalue weighted by Crippen LogP contribution is 2.20. The smallest absolute Gasteiger partial charge is 0.224 e. The highest BCUT2D eigenvalue weighted by Gasteiger charge is 2.08. The van der Waals surface area contributed by atoms with Crippen LogP contribution in [0.3, 0.4) is 0 Å². The summed E-state index contributed by atoms with van der Waals surface area (Å²) in [5.74, 6) is 0.120. The molecule has 0 spiro atoms. The van der Waals surface area contributed by atoms with Crippen LogP contribution in [0, 0.1) is 5.82 Å². The first-order valence-electron chi connectivity index (χ1n) is 8.11. The number of rotatable bonds is 6. The van der Waals surface area contributed by atoms with Crippen molar-refractivity contribution in [2.45, 2.75) is 13.0 Å². The Morgan fingerprint density at radius 2 is 1.88 bits per heavy atom. The molecule has 1 amide bonds. The molecule has 3 rings (SSSR count). The van der Waals surface area contributed by atoms with Crippen molar-refractivity contribution < 1.29 is 13.9 Å². The van der Waals surface area contributed by atoms with Crippen LogP contribution in [0.15, 0.2) is 60.9 Å². The van der Waals surface area contributed by atoms with Crippen LogP contribution >= 0.6 is 0 Å². The van der Waals surface area contributed by atoms with E-state index in [2.05, 4.69) is 15.3 Å². The lowest BCUT2D eigenvalue weighted by Gasteiger charge is -2.07. The standard InChI is InChI=1S/C20H18FN3O2/c1-26-17-8-6-14(7-9-17)19-11-16(23-13-24-19)12-22-20(25)10-15-4-2-3-5-18(15)21/h2-9,11,13H,10,12H2,1H3,(H,22,25). The van der Waals surface area contributed by atoms with Gasteiger partial charge in [0, 0.05) is 5.56 Å². The van der Waals surface area contributed by atoms with Crippen LogP contribution < -0.4 is 10.1 Å². The first-order chi connectivity index (χ1) is 12.7. The Labute approximate surface area is 150 Å². The van der Waals surface area contributed by atoms with Gasteiger partial charge in [0.15, 0.2) is 0 Å². The van der Waals surface area contributed by atoms with Gasteiger partial charge in [0.1, 0.15) is 17.9 Å². The zero-order valence-corrected chi connectivity index (χ0v) is 14.3. The van der Waals surface area contributed by atoms with Gasteiger partial charge in [0.25, 0.3) is 0 Å². The molecule has 132 valence electrons. The average Bonchev–Trinajstić information content (AvgIpc) is 2.68. The minimum atomic E-state index is -0.383. The Hall–Kier alpha value is -3.28. The van der Waals surface area contributed by atoms with Crippen molar-refractivity contribution >= 4 is 5.91 Å². The Morgan fingerprint density at radius 3 is 2.62 bits per heavy atom. The Balaban J connectivity index is 1.63. The van der Waals surface area contributed by atoms with Crippen LogP contribution in [0.4, 0.5) is 4.39 Å². The van der Waals surface area contributed by atoms with Gasteiger partial charge in [0.05, 0.1) is 31.5 Å². The summed E-state index contributed by atoms with van der Waals surface area (Å²) in [7, 11) is 1.61. The summed E-state index contributed by atoms with van der Waals surface area (Å²) in [6.45, 7) is 0.249. The molecule has 0 bridgehead atoms. The average molecular weight is 351 g/mol.